The van der Waals surface area contributed by atoms with E-state index in [4.69, 9.17) is 24.3 Å². The van der Waals surface area contributed by atoms with E-state index in [1.54, 1.807) is 67.6 Å². The third kappa shape index (κ3) is 6.29. The van der Waals surface area contributed by atoms with E-state index in [1.807, 2.05) is 12.1 Å². The van der Waals surface area contributed by atoms with Crippen LogP contribution in [0.4, 0.5) is 5.82 Å². The van der Waals surface area contributed by atoms with Crippen LogP contribution in [0.5, 0.6) is 5.75 Å². The average molecular weight is 623 g/mol. The maximum atomic E-state index is 14.2. The fourth-order valence-electron chi connectivity index (χ4n) is 4.90. The molecule has 3 heterocycles. The van der Waals surface area contributed by atoms with Gasteiger partial charge >= 0.3 is 13.7 Å². The number of carbonyl (C=O) groups is 1. The van der Waals surface area contributed by atoms with Crippen molar-refractivity contribution in [2.24, 2.45) is 0 Å². The van der Waals surface area contributed by atoms with Gasteiger partial charge in [0, 0.05) is 0 Å². The molecule has 1 fully saturated rings. The summed E-state index contributed by atoms with van der Waals surface area (Å²) in [5.74, 6) is -0.389. The van der Waals surface area contributed by atoms with Gasteiger partial charge in [-0.3, -0.25) is 9.32 Å². The van der Waals surface area contributed by atoms with Gasteiger partial charge in [-0.15, -0.1) is 0 Å². The number of nitrogens with two attached hydrogens (primary N) is 1. The number of hydrogen-bond acceptors (Lipinski definition) is 12. The van der Waals surface area contributed by atoms with Crippen LogP contribution in [0.1, 0.15) is 18.2 Å². The molecule has 5 N–H and O–H groups in total. The first-order valence-corrected chi connectivity index (χ1v) is 15.3. The van der Waals surface area contributed by atoms with Gasteiger partial charge in [0.25, 0.3) is 0 Å². The van der Waals surface area contributed by atoms with Crippen LogP contribution < -0.4 is 15.3 Å². The summed E-state index contributed by atoms with van der Waals surface area (Å²) >= 11 is 0. The Hall–Kier alpha value is -4.35. The zero-order chi connectivity index (χ0) is 31.3. The number of aliphatic hydroxyl groups excluding tert-OH is 2. The SMILES string of the molecule is CCOC(=O)[C@H](Cc1ccccc1)NP(=O)(OC[C@H]1OC(C#N)(c2ccc3c(N)ncnn23)[C@H](O)[C@@H]1O)Oc1ccccc1. The molecule has 2 unspecified atom stereocenters. The average Bonchev–Trinajstić information content (AvgIpc) is 3.57. The summed E-state index contributed by atoms with van der Waals surface area (Å²) in [4.78, 5) is 16.9. The van der Waals surface area contributed by atoms with E-state index in [9.17, 15) is 24.8 Å². The Bertz CT molecular complexity index is 1680. The van der Waals surface area contributed by atoms with Crippen molar-refractivity contribution in [1.82, 2.24) is 19.7 Å². The molecule has 6 atom stereocenters. The predicted octanol–water partition coefficient (Wildman–Crippen LogP) is 2.12. The number of esters is 1. The van der Waals surface area contributed by atoms with Crippen LogP contribution >= 0.6 is 7.75 Å². The van der Waals surface area contributed by atoms with Gasteiger partial charge in [0.15, 0.2) is 5.82 Å². The number of ether oxygens (including phenoxy) is 2. The molecule has 0 aliphatic carbocycles. The minimum Gasteiger partial charge on any atom is -0.465 e. The Morgan fingerprint density at radius 1 is 1.18 bits per heavy atom. The van der Waals surface area contributed by atoms with Crippen LogP contribution in [-0.2, 0) is 35.4 Å². The van der Waals surface area contributed by atoms with E-state index < -0.39 is 50.3 Å². The molecule has 0 saturated carbocycles. The zero-order valence-corrected chi connectivity index (χ0v) is 24.5. The van der Waals surface area contributed by atoms with Gasteiger partial charge < -0.3 is 29.9 Å². The molecule has 0 radical (unpaired) electrons. The fraction of sp³-hybridized carbons (Fsp3) is 0.310. The molecule has 44 heavy (non-hydrogen) atoms. The van der Waals surface area contributed by atoms with Gasteiger partial charge in [-0.1, -0.05) is 48.5 Å². The van der Waals surface area contributed by atoms with Crippen LogP contribution in [-0.4, -0.2) is 68.3 Å². The lowest BCUT2D eigenvalue weighted by atomic mass is 9.92. The van der Waals surface area contributed by atoms with E-state index in [0.717, 1.165) is 5.56 Å². The second-order valence-corrected chi connectivity index (χ2v) is 11.6. The number of fused-ring (bicyclic) bond motifs is 1. The number of para-hydroxylation sites is 1. The number of nitrogens with one attached hydrogen (secondary N) is 1. The molecule has 1 saturated heterocycles. The highest BCUT2D eigenvalue weighted by Crippen LogP contribution is 2.47. The van der Waals surface area contributed by atoms with Crippen molar-refractivity contribution in [3.63, 3.8) is 0 Å². The predicted molar refractivity (Wildman–Crippen MR) is 156 cm³/mol. The topological polar surface area (TPSA) is 204 Å². The van der Waals surface area contributed by atoms with Crippen molar-refractivity contribution in [3.05, 3.63) is 90.4 Å². The molecular weight excluding hydrogens is 591 g/mol. The molecule has 1 aliphatic heterocycles. The molecule has 0 spiro atoms. The van der Waals surface area contributed by atoms with E-state index in [1.165, 1.54) is 16.9 Å². The third-order valence-electron chi connectivity index (χ3n) is 7.03. The molecule has 1 aliphatic rings. The summed E-state index contributed by atoms with van der Waals surface area (Å²) in [5, 5.41) is 39.0. The number of aliphatic hydroxyl groups is 2. The van der Waals surface area contributed by atoms with Crippen molar-refractivity contribution >= 4 is 25.1 Å². The molecular formula is C29H31N6O8P. The molecule has 5 rings (SSSR count). The maximum absolute atomic E-state index is 14.2. The van der Waals surface area contributed by atoms with Crippen molar-refractivity contribution in [3.8, 4) is 11.8 Å². The summed E-state index contributed by atoms with van der Waals surface area (Å²) in [5.41, 5.74) is 5.02. The number of carbonyl (C=O) groups excluding carboxylic acids is 1. The fourth-order valence-corrected chi connectivity index (χ4v) is 6.40. The van der Waals surface area contributed by atoms with Crippen LogP contribution in [0, 0.1) is 11.3 Å². The summed E-state index contributed by atoms with van der Waals surface area (Å²) in [7, 11) is -4.42. The van der Waals surface area contributed by atoms with Crippen molar-refractivity contribution in [2.45, 2.75) is 43.3 Å². The minimum absolute atomic E-state index is 0.0811. The van der Waals surface area contributed by atoms with Crippen LogP contribution in [0.15, 0.2) is 79.1 Å². The smallest absolute Gasteiger partial charge is 0.459 e. The standard InChI is InChI=1S/C29H31N6O8P/c1-2-40-28(38)21(15-19-9-5-3-6-10-19)34-44(39,43-20-11-7-4-8-12-20)41-16-23-25(36)26(37)29(17-30,42-23)24-14-13-22-27(31)32-18-33-35(22)24/h3-14,18,21,23,25-26,36-37H,2,15-16H2,1H3,(H,34,39)(H2,31,32,33)/t21-,23+,25+,26+,29?,44?/m0/s1. The van der Waals surface area contributed by atoms with Crippen LogP contribution in [0.3, 0.4) is 0 Å². The highest BCUT2D eigenvalue weighted by Gasteiger charge is 2.58. The van der Waals surface area contributed by atoms with E-state index in [2.05, 4.69) is 15.2 Å². The quantitative estimate of drug-likeness (QED) is 0.132. The summed E-state index contributed by atoms with van der Waals surface area (Å²) < 4.78 is 38.2. The first-order valence-electron chi connectivity index (χ1n) is 13.7. The number of anilines is 1. The lowest BCUT2D eigenvalue weighted by Crippen LogP contribution is -2.41. The number of nitriles is 1. The number of nitrogens with zero attached hydrogens (tertiary/aromatic N) is 4. The molecule has 230 valence electrons. The van der Waals surface area contributed by atoms with Crippen LogP contribution in [0.2, 0.25) is 0 Å². The van der Waals surface area contributed by atoms with E-state index >= 15 is 0 Å². The molecule has 2 aromatic heterocycles. The van der Waals surface area contributed by atoms with Crippen molar-refractivity contribution in [2.75, 3.05) is 18.9 Å². The van der Waals surface area contributed by atoms with Crippen LogP contribution in [0.25, 0.3) is 5.52 Å². The Morgan fingerprint density at radius 2 is 1.89 bits per heavy atom. The lowest BCUT2D eigenvalue weighted by Gasteiger charge is -2.26. The monoisotopic (exact) mass is 622 g/mol. The van der Waals surface area contributed by atoms with Gasteiger partial charge in [0.2, 0.25) is 5.60 Å². The number of aromatic nitrogens is 3. The first kappa shape index (κ1) is 31.1. The number of hydrogen-bond donors (Lipinski definition) is 4. The zero-order valence-electron chi connectivity index (χ0n) is 23.6. The van der Waals surface area contributed by atoms with Gasteiger partial charge in [-0.25, -0.2) is 14.1 Å². The second-order valence-electron chi connectivity index (χ2n) is 9.92. The molecule has 2 aromatic carbocycles. The third-order valence-corrected chi connectivity index (χ3v) is 8.60. The molecule has 15 heteroatoms. The Morgan fingerprint density at radius 3 is 2.57 bits per heavy atom. The number of rotatable bonds is 12. The summed E-state index contributed by atoms with van der Waals surface area (Å²) in [6.45, 7) is 1.12. The van der Waals surface area contributed by atoms with Crippen molar-refractivity contribution in [1.29, 1.82) is 5.26 Å². The summed E-state index contributed by atoms with van der Waals surface area (Å²) in [6, 6.07) is 21.0. The lowest BCUT2D eigenvalue weighted by molar-refractivity contribution is -0.145. The normalized spacial score (nSPS) is 23.5. The Labute approximate surface area is 252 Å². The Kier molecular flexibility index (Phi) is 9.26. The van der Waals surface area contributed by atoms with Gasteiger partial charge in [0.1, 0.15) is 48.0 Å². The maximum Gasteiger partial charge on any atom is 0.459 e. The first-order chi connectivity index (χ1) is 21.2. The highest BCUT2D eigenvalue weighted by molar-refractivity contribution is 7.52. The molecule has 0 bridgehead atoms. The van der Waals surface area contributed by atoms with E-state index in [0.29, 0.717) is 5.52 Å². The number of benzene rings is 2. The second kappa shape index (κ2) is 13.1. The van der Waals surface area contributed by atoms with Gasteiger partial charge in [0.05, 0.1) is 18.9 Å². The van der Waals surface area contributed by atoms with E-state index in [-0.39, 0.29) is 30.3 Å². The highest BCUT2D eigenvalue weighted by atomic mass is 31.2. The largest absolute Gasteiger partial charge is 0.465 e. The molecule has 14 nitrogen and oxygen atoms in total. The Balaban J connectivity index is 1.42. The van der Waals surface area contributed by atoms with Gasteiger partial charge in [-0.2, -0.15) is 15.4 Å². The van der Waals surface area contributed by atoms with Gasteiger partial charge in [-0.05, 0) is 43.2 Å². The minimum atomic E-state index is -4.42. The molecule has 4 aromatic rings. The number of nitrogen functional groups attached to an aromatic ring is 1. The summed E-state index contributed by atoms with van der Waals surface area (Å²) in [6.07, 6.45) is -3.51. The molecule has 0 amide bonds. The van der Waals surface area contributed by atoms with Crippen molar-refractivity contribution < 1.29 is 38.1 Å².